The summed E-state index contributed by atoms with van der Waals surface area (Å²) in [5, 5.41) is 13.2. The highest BCUT2D eigenvalue weighted by atomic mass is 127. The third kappa shape index (κ3) is 5.39. The molecular weight excluding hydrogens is 396 g/mol. The van der Waals surface area contributed by atoms with Crippen LogP contribution in [0.15, 0.2) is 29.3 Å². The maximum absolute atomic E-state index is 12.9. The number of aliphatic hydroxyl groups excluding tert-OH is 1. The second-order valence-electron chi connectivity index (χ2n) is 5.67. The Morgan fingerprint density at radius 1 is 1.36 bits per heavy atom. The summed E-state index contributed by atoms with van der Waals surface area (Å²) in [6.07, 6.45) is 2.86. The second kappa shape index (κ2) is 9.29. The molecular formula is C16H25FIN3O. The van der Waals surface area contributed by atoms with E-state index in [0.29, 0.717) is 12.5 Å². The predicted octanol–water partition coefficient (Wildman–Crippen LogP) is 2.61. The maximum atomic E-state index is 12.9. The lowest BCUT2D eigenvalue weighted by Gasteiger charge is -2.24. The van der Waals surface area contributed by atoms with Crippen molar-refractivity contribution in [1.82, 2.24) is 10.2 Å². The van der Waals surface area contributed by atoms with Gasteiger partial charge in [0.15, 0.2) is 5.96 Å². The summed E-state index contributed by atoms with van der Waals surface area (Å²) in [5.41, 5.74) is 1.03. The van der Waals surface area contributed by atoms with Crippen molar-refractivity contribution in [3.63, 3.8) is 0 Å². The quantitative estimate of drug-likeness (QED) is 0.447. The zero-order valence-electron chi connectivity index (χ0n) is 13.1. The average Bonchev–Trinajstić information content (AvgIpc) is 2.88. The first-order chi connectivity index (χ1) is 10.1. The molecule has 124 valence electrons. The predicted molar refractivity (Wildman–Crippen MR) is 98.0 cm³/mol. The molecule has 0 aliphatic heterocycles. The third-order valence-corrected chi connectivity index (χ3v) is 4.05. The molecule has 2 atom stereocenters. The van der Waals surface area contributed by atoms with Gasteiger partial charge in [0.25, 0.3) is 0 Å². The van der Waals surface area contributed by atoms with Gasteiger partial charge in [0.2, 0.25) is 0 Å². The minimum absolute atomic E-state index is 0. The molecule has 0 spiro atoms. The van der Waals surface area contributed by atoms with E-state index in [2.05, 4.69) is 10.3 Å². The number of nitrogens with zero attached hydrogens (tertiary/aromatic N) is 2. The van der Waals surface area contributed by atoms with Gasteiger partial charge in [-0.1, -0.05) is 18.6 Å². The number of aliphatic imine (C=N–C) groups is 1. The van der Waals surface area contributed by atoms with Crippen molar-refractivity contribution in [2.45, 2.75) is 31.9 Å². The molecule has 1 aliphatic carbocycles. The first-order valence-electron chi connectivity index (χ1n) is 7.44. The number of hydrogen-bond donors (Lipinski definition) is 2. The molecule has 1 aromatic rings. The highest BCUT2D eigenvalue weighted by Crippen LogP contribution is 2.24. The molecule has 0 aromatic heterocycles. The van der Waals surface area contributed by atoms with Gasteiger partial charge in [0.05, 0.1) is 6.10 Å². The van der Waals surface area contributed by atoms with Gasteiger partial charge in [-0.25, -0.2) is 4.39 Å². The molecule has 0 heterocycles. The van der Waals surface area contributed by atoms with Gasteiger partial charge in [-0.2, -0.15) is 0 Å². The molecule has 0 radical (unpaired) electrons. The Morgan fingerprint density at radius 2 is 2.05 bits per heavy atom. The van der Waals surface area contributed by atoms with Gasteiger partial charge in [-0.3, -0.25) is 4.99 Å². The van der Waals surface area contributed by atoms with Crippen LogP contribution >= 0.6 is 24.0 Å². The highest BCUT2D eigenvalue weighted by Gasteiger charge is 2.25. The topological polar surface area (TPSA) is 47.9 Å². The Morgan fingerprint density at radius 3 is 2.59 bits per heavy atom. The van der Waals surface area contributed by atoms with Crippen molar-refractivity contribution in [2.75, 3.05) is 20.6 Å². The van der Waals surface area contributed by atoms with Crippen LogP contribution in [0, 0.1) is 11.7 Å². The molecule has 0 amide bonds. The molecule has 4 nitrogen and oxygen atoms in total. The van der Waals surface area contributed by atoms with E-state index in [1.807, 2.05) is 11.9 Å². The van der Waals surface area contributed by atoms with E-state index in [0.717, 1.165) is 37.3 Å². The number of halogens is 2. The van der Waals surface area contributed by atoms with Crippen LogP contribution in [0.2, 0.25) is 0 Å². The molecule has 0 saturated heterocycles. The summed E-state index contributed by atoms with van der Waals surface area (Å²) in [4.78, 5) is 6.26. The summed E-state index contributed by atoms with van der Waals surface area (Å²) in [5.74, 6) is 0.874. The van der Waals surface area contributed by atoms with Crippen LogP contribution in [0.3, 0.4) is 0 Å². The van der Waals surface area contributed by atoms with E-state index < -0.39 is 0 Å². The molecule has 6 heteroatoms. The lowest BCUT2D eigenvalue weighted by Crippen LogP contribution is -2.41. The number of benzene rings is 1. The molecule has 1 aliphatic rings. The lowest BCUT2D eigenvalue weighted by molar-refractivity contribution is 0.134. The number of nitrogens with one attached hydrogen (secondary N) is 1. The van der Waals surface area contributed by atoms with E-state index in [-0.39, 0.29) is 35.9 Å². The van der Waals surface area contributed by atoms with Crippen LogP contribution in [-0.4, -0.2) is 42.7 Å². The monoisotopic (exact) mass is 421 g/mol. The second-order valence-corrected chi connectivity index (χ2v) is 5.67. The molecule has 1 aromatic carbocycles. The Hall–Kier alpha value is -0.890. The zero-order valence-corrected chi connectivity index (χ0v) is 15.5. The molecule has 22 heavy (non-hydrogen) atoms. The van der Waals surface area contributed by atoms with Gasteiger partial charge in [0.1, 0.15) is 5.82 Å². The van der Waals surface area contributed by atoms with Gasteiger partial charge in [-0.15, -0.1) is 24.0 Å². The van der Waals surface area contributed by atoms with Crippen molar-refractivity contribution in [1.29, 1.82) is 0 Å². The van der Waals surface area contributed by atoms with E-state index in [1.165, 1.54) is 12.1 Å². The normalized spacial score (nSPS) is 21.4. The van der Waals surface area contributed by atoms with Crippen molar-refractivity contribution in [2.24, 2.45) is 10.9 Å². The fraction of sp³-hybridized carbons (Fsp3) is 0.562. The lowest BCUT2D eigenvalue weighted by atomic mass is 10.1. The molecule has 2 unspecified atom stereocenters. The summed E-state index contributed by atoms with van der Waals surface area (Å²) in [6.45, 7) is 1.40. The highest BCUT2D eigenvalue weighted by molar-refractivity contribution is 14.0. The molecule has 0 bridgehead atoms. The number of hydrogen-bond acceptors (Lipinski definition) is 2. The summed E-state index contributed by atoms with van der Waals surface area (Å²) in [7, 11) is 3.69. The van der Waals surface area contributed by atoms with Crippen LogP contribution in [0.5, 0.6) is 0 Å². The van der Waals surface area contributed by atoms with Gasteiger partial charge >= 0.3 is 0 Å². The largest absolute Gasteiger partial charge is 0.393 e. The maximum Gasteiger partial charge on any atom is 0.193 e. The fourth-order valence-corrected chi connectivity index (χ4v) is 2.80. The summed E-state index contributed by atoms with van der Waals surface area (Å²) < 4.78 is 12.9. The standard InChI is InChI=1S/C16H24FN3O.HI/c1-18-16(19-10-13-4-3-5-15(13)21)20(2)11-12-6-8-14(17)9-7-12;/h6-9,13,15,21H,3-5,10-11H2,1-2H3,(H,18,19);1H. The molecule has 1 fully saturated rings. The Bertz CT molecular complexity index is 481. The van der Waals surface area contributed by atoms with Gasteiger partial charge < -0.3 is 15.3 Å². The van der Waals surface area contributed by atoms with Crippen LogP contribution in [0.1, 0.15) is 24.8 Å². The number of aliphatic hydroxyl groups is 1. The van der Waals surface area contributed by atoms with E-state index in [9.17, 15) is 9.50 Å². The van der Waals surface area contributed by atoms with Crippen LogP contribution < -0.4 is 5.32 Å². The Balaban J connectivity index is 0.00000242. The average molecular weight is 421 g/mol. The van der Waals surface area contributed by atoms with Crippen LogP contribution in [-0.2, 0) is 6.54 Å². The van der Waals surface area contributed by atoms with Gasteiger partial charge in [0, 0.05) is 33.1 Å². The van der Waals surface area contributed by atoms with Crippen molar-refractivity contribution in [3.8, 4) is 0 Å². The fourth-order valence-electron chi connectivity index (χ4n) is 2.80. The minimum Gasteiger partial charge on any atom is -0.393 e. The van der Waals surface area contributed by atoms with Crippen LogP contribution in [0.25, 0.3) is 0 Å². The number of guanidine groups is 1. The smallest absolute Gasteiger partial charge is 0.193 e. The SMILES string of the molecule is CN=C(NCC1CCCC1O)N(C)Cc1ccc(F)cc1.I. The minimum atomic E-state index is -0.223. The van der Waals surface area contributed by atoms with Crippen molar-refractivity contribution in [3.05, 3.63) is 35.6 Å². The van der Waals surface area contributed by atoms with E-state index in [1.54, 1.807) is 19.2 Å². The van der Waals surface area contributed by atoms with Crippen LogP contribution in [0.4, 0.5) is 4.39 Å². The van der Waals surface area contributed by atoms with Crippen molar-refractivity contribution >= 4 is 29.9 Å². The van der Waals surface area contributed by atoms with Gasteiger partial charge in [-0.05, 0) is 30.5 Å². The Kier molecular flexibility index (Phi) is 8.09. The number of rotatable bonds is 4. The van der Waals surface area contributed by atoms with E-state index >= 15 is 0 Å². The molecule has 2 rings (SSSR count). The third-order valence-electron chi connectivity index (χ3n) is 4.05. The Labute approximate surface area is 148 Å². The first kappa shape index (κ1) is 19.2. The van der Waals surface area contributed by atoms with E-state index in [4.69, 9.17) is 0 Å². The molecule has 2 N–H and O–H groups in total. The summed E-state index contributed by atoms with van der Waals surface area (Å²) in [6, 6.07) is 6.49. The first-order valence-corrected chi connectivity index (χ1v) is 7.44. The summed E-state index contributed by atoms with van der Waals surface area (Å²) >= 11 is 0. The zero-order chi connectivity index (χ0) is 15.2. The molecule has 1 saturated carbocycles. The van der Waals surface area contributed by atoms with Crippen molar-refractivity contribution < 1.29 is 9.50 Å².